The van der Waals surface area contributed by atoms with Crippen LogP contribution in [-0.4, -0.2) is 16.2 Å². The molecule has 28 heavy (non-hydrogen) atoms. The lowest BCUT2D eigenvalue weighted by atomic mass is 10.0. The van der Waals surface area contributed by atoms with Crippen molar-refractivity contribution in [3.05, 3.63) is 84.2 Å². The van der Waals surface area contributed by atoms with Crippen LogP contribution in [0.4, 0.5) is 13.2 Å². The van der Waals surface area contributed by atoms with Gasteiger partial charge in [-0.15, -0.1) is 0 Å². The predicted octanol–water partition coefficient (Wildman–Crippen LogP) is 5.66. The zero-order valence-electron chi connectivity index (χ0n) is 15.2. The molecule has 0 fully saturated rings. The molecule has 0 bridgehead atoms. The molecule has 0 aliphatic carbocycles. The van der Waals surface area contributed by atoms with E-state index in [2.05, 4.69) is 4.98 Å². The van der Waals surface area contributed by atoms with E-state index in [1.165, 1.54) is 6.07 Å². The van der Waals surface area contributed by atoms with Gasteiger partial charge in [-0.3, -0.25) is 4.98 Å². The first-order chi connectivity index (χ1) is 13.3. The summed E-state index contributed by atoms with van der Waals surface area (Å²) < 4.78 is 44.7. The Bertz CT molecular complexity index is 894. The van der Waals surface area contributed by atoms with E-state index < -0.39 is 17.8 Å². The SMILES string of the molecule is CC(O)CC(Oc1ccc(-c2cccc(C(F)(F)F)c2)cc1)c1cccnc1. The first-order valence-corrected chi connectivity index (χ1v) is 8.85. The summed E-state index contributed by atoms with van der Waals surface area (Å²) in [6, 6.07) is 15.7. The number of alkyl halides is 3. The number of hydrogen-bond acceptors (Lipinski definition) is 3. The topological polar surface area (TPSA) is 42.4 Å². The number of halogens is 3. The van der Waals surface area contributed by atoms with E-state index >= 15 is 0 Å². The van der Waals surface area contributed by atoms with Crippen LogP contribution in [0.3, 0.4) is 0 Å². The fourth-order valence-electron chi connectivity index (χ4n) is 2.89. The van der Waals surface area contributed by atoms with E-state index in [1.54, 1.807) is 55.7 Å². The lowest BCUT2D eigenvalue weighted by Gasteiger charge is -2.21. The molecule has 0 saturated carbocycles. The Balaban J connectivity index is 1.80. The van der Waals surface area contributed by atoms with Gasteiger partial charge in [0.05, 0.1) is 11.7 Å². The summed E-state index contributed by atoms with van der Waals surface area (Å²) in [5.41, 5.74) is 1.30. The average Bonchev–Trinajstić information content (AvgIpc) is 2.68. The molecule has 0 radical (unpaired) electrons. The van der Waals surface area contributed by atoms with Crippen LogP contribution in [0.25, 0.3) is 11.1 Å². The number of aliphatic hydroxyl groups excluding tert-OH is 1. The van der Waals surface area contributed by atoms with Crippen molar-refractivity contribution in [2.45, 2.75) is 31.7 Å². The van der Waals surface area contributed by atoms with E-state index in [1.807, 2.05) is 6.07 Å². The third-order valence-electron chi connectivity index (χ3n) is 4.27. The molecule has 1 N–H and O–H groups in total. The van der Waals surface area contributed by atoms with Gasteiger partial charge in [0.1, 0.15) is 11.9 Å². The molecule has 2 unspecified atom stereocenters. The van der Waals surface area contributed by atoms with Crippen molar-refractivity contribution in [1.29, 1.82) is 0 Å². The van der Waals surface area contributed by atoms with Crippen molar-refractivity contribution in [3.8, 4) is 16.9 Å². The van der Waals surface area contributed by atoms with Gasteiger partial charge in [0.25, 0.3) is 0 Å². The van der Waals surface area contributed by atoms with Crippen molar-refractivity contribution >= 4 is 0 Å². The Hall–Kier alpha value is -2.86. The second-order valence-corrected chi connectivity index (χ2v) is 6.58. The Morgan fingerprint density at radius 3 is 2.36 bits per heavy atom. The van der Waals surface area contributed by atoms with Crippen LogP contribution in [0.5, 0.6) is 5.75 Å². The minimum Gasteiger partial charge on any atom is -0.486 e. The Morgan fingerprint density at radius 1 is 1.00 bits per heavy atom. The number of nitrogens with zero attached hydrogens (tertiary/aromatic N) is 1. The Kier molecular flexibility index (Phi) is 5.99. The molecule has 3 nitrogen and oxygen atoms in total. The maximum absolute atomic E-state index is 12.9. The molecule has 146 valence electrons. The summed E-state index contributed by atoms with van der Waals surface area (Å²) in [6.07, 6.45) is -1.59. The van der Waals surface area contributed by atoms with Crippen LogP contribution in [0.15, 0.2) is 73.1 Å². The number of ether oxygens (including phenoxy) is 1. The highest BCUT2D eigenvalue weighted by molar-refractivity contribution is 5.65. The van der Waals surface area contributed by atoms with Crippen molar-refractivity contribution in [2.75, 3.05) is 0 Å². The number of aliphatic hydroxyl groups is 1. The van der Waals surface area contributed by atoms with Crippen LogP contribution < -0.4 is 4.74 Å². The van der Waals surface area contributed by atoms with Crippen LogP contribution in [-0.2, 0) is 6.18 Å². The van der Waals surface area contributed by atoms with Gasteiger partial charge in [-0.25, -0.2) is 0 Å². The molecule has 1 aromatic heterocycles. The zero-order valence-corrected chi connectivity index (χ0v) is 15.2. The monoisotopic (exact) mass is 387 g/mol. The van der Waals surface area contributed by atoms with E-state index in [0.29, 0.717) is 23.3 Å². The summed E-state index contributed by atoms with van der Waals surface area (Å²) in [5.74, 6) is 0.560. The molecule has 2 atom stereocenters. The summed E-state index contributed by atoms with van der Waals surface area (Å²) in [4.78, 5) is 4.08. The third kappa shape index (κ3) is 5.10. The Labute approximate surface area is 161 Å². The van der Waals surface area contributed by atoms with E-state index in [9.17, 15) is 18.3 Å². The molecule has 2 aromatic carbocycles. The highest BCUT2D eigenvalue weighted by atomic mass is 19.4. The van der Waals surface area contributed by atoms with Crippen LogP contribution >= 0.6 is 0 Å². The molecule has 0 aliphatic heterocycles. The summed E-state index contributed by atoms with van der Waals surface area (Å²) in [7, 11) is 0. The van der Waals surface area contributed by atoms with Crippen LogP contribution in [0, 0.1) is 0 Å². The smallest absolute Gasteiger partial charge is 0.416 e. The minimum absolute atomic E-state index is 0.381. The molecular formula is C22H20F3NO2. The van der Waals surface area contributed by atoms with Crippen molar-refractivity contribution in [3.63, 3.8) is 0 Å². The number of benzene rings is 2. The fourth-order valence-corrected chi connectivity index (χ4v) is 2.89. The van der Waals surface area contributed by atoms with Gasteiger partial charge in [0, 0.05) is 24.4 Å². The van der Waals surface area contributed by atoms with Gasteiger partial charge in [0.2, 0.25) is 0 Å². The van der Waals surface area contributed by atoms with E-state index in [4.69, 9.17) is 4.74 Å². The largest absolute Gasteiger partial charge is 0.486 e. The third-order valence-corrected chi connectivity index (χ3v) is 4.27. The second-order valence-electron chi connectivity index (χ2n) is 6.58. The maximum Gasteiger partial charge on any atom is 0.416 e. The molecule has 3 rings (SSSR count). The average molecular weight is 387 g/mol. The molecule has 6 heteroatoms. The molecule has 1 heterocycles. The molecule has 0 spiro atoms. The van der Waals surface area contributed by atoms with Gasteiger partial charge in [0.15, 0.2) is 0 Å². The molecule has 0 saturated heterocycles. The molecule has 3 aromatic rings. The first kappa shape index (κ1) is 19.9. The molecular weight excluding hydrogens is 367 g/mol. The predicted molar refractivity (Wildman–Crippen MR) is 101 cm³/mol. The van der Waals surface area contributed by atoms with E-state index in [0.717, 1.165) is 17.7 Å². The van der Waals surface area contributed by atoms with Crippen molar-refractivity contribution in [1.82, 2.24) is 4.98 Å². The summed E-state index contributed by atoms with van der Waals surface area (Å²) in [6.45, 7) is 1.68. The lowest BCUT2D eigenvalue weighted by molar-refractivity contribution is -0.137. The van der Waals surface area contributed by atoms with Gasteiger partial charge in [-0.1, -0.05) is 30.3 Å². The molecule has 0 amide bonds. The zero-order chi connectivity index (χ0) is 20.1. The normalized spacial score (nSPS) is 13.8. The first-order valence-electron chi connectivity index (χ1n) is 8.85. The van der Waals surface area contributed by atoms with Crippen LogP contribution in [0.2, 0.25) is 0 Å². The Morgan fingerprint density at radius 2 is 1.75 bits per heavy atom. The fraction of sp³-hybridized carbons (Fsp3) is 0.227. The van der Waals surface area contributed by atoms with Crippen LogP contribution in [0.1, 0.15) is 30.6 Å². The maximum atomic E-state index is 12.9. The van der Waals surface area contributed by atoms with Crippen molar-refractivity contribution < 1.29 is 23.0 Å². The highest BCUT2D eigenvalue weighted by Crippen LogP contribution is 2.33. The number of pyridine rings is 1. The molecule has 0 aliphatic rings. The second kappa shape index (κ2) is 8.44. The minimum atomic E-state index is -4.38. The van der Waals surface area contributed by atoms with Gasteiger partial charge < -0.3 is 9.84 Å². The number of rotatable bonds is 6. The van der Waals surface area contributed by atoms with Gasteiger partial charge >= 0.3 is 6.18 Å². The summed E-state index contributed by atoms with van der Waals surface area (Å²) in [5, 5.41) is 9.75. The van der Waals surface area contributed by atoms with E-state index in [-0.39, 0.29) is 6.10 Å². The van der Waals surface area contributed by atoms with Gasteiger partial charge in [-0.2, -0.15) is 13.2 Å². The summed E-state index contributed by atoms with van der Waals surface area (Å²) >= 11 is 0. The van der Waals surface area contributed by atoms with Crippen molar-refractivity contribution in [2.24, 2.45) is 0 Å². The van der Waals surface area contributed by atoms with Gasteiger partial charge in [-0.05, 0) is 48.4 Å². The number of aromatic nitrogens is 1. The standard InChI is InChI=1S/C22H20F3NO2/c1-15(27)12-21(18-5-3-11-26-14-18)28-20-9-7-16(8-10-20)17-4-2-6-19(13-17)22(23,24)25/h2-11,13-15,21,27H,12H2,1H3. The lowest BCUT2D eigenvalue weighted by Crippen LogP contribution is -2.14. The highest BCUT2D eigenvalue weighted by Gasteiger charge is 2.30. The number of hydrogen-bond donors (Lipinski definition) is 1. The quantitative estimate of drug-likeness (QED) is 0.594.